The van der Waals surface area contributed by atoms with Crippen LogP contribution in [0, 0.1) is 0 Å². The van der Waals surface area contributed by atoms with Gasteiger partial charge in [0.1, 0.15) is 12.3 Å². The molecule has 1 aromatic rings. The van der Waals surface area contributed by atoms with Crippen molar-refractivity contribution >= 4 is 17.5 Å². The van der Waals surface area contributed by atoms with Crippen molar-refractivity contribution in [1.29, 1.82) is 0 Å². The van der Waals surface area contributed by atoms with Crippen molar-refractivity contribution in [2.24, 2.45) is 5.73 Å². The lowest BCUT2D eigenvalue weighted by molar-refractivity contribution is -0.125. The first-order valence-corrected chi connectivity index (χ1v) is 8.66. The number of nitrogens with one attached hydrogen (secondary N) is 1. The number of fused-ring (bicyclic) bond motifs is 1. The first-order valence-electron chi connectivity index (χ1n) is 8.66. The van der Waals surface area contributed by atoms with E-state index in [1.807, 2.05) is 25.1 Å². The molecule has 1 aromatic carbocycles. The summed E-state index contributed by atoms with van der Waals surface area (Å²) in [6.07, 6.45) is 5.59. The standard InChI is InChI=1S/C18H25N3O3/c1-12(19)13-7-8-16-15(9-13)21(18(23)11-24-16)10-17(22)20-14-5-3-2-4-6-14/h7-9,12,14H,2-6,10-11,19H2,1H3,(H,20,22). The van der Waals surface area contributed by atoms with Crippen molar-refractivity contribution in [3.05, 3.63) is 23.8 Å². The molecule has 1 aliphatic carbocycles. The van der Waals surface area contributed by atoms with Crippen LogP contribution in [0.1, 0.15) is 50.6 Å². The van der Waals surface area contributed by atoms with Crippen LogP contribution in [0.2, 0.25) is 0 Å². The summed E-state index contributed by atoms with van der Waals surface area (Å²) < 4.78 is 5.47. The molecule has 0 radical (unpaired) electrons. The van der Waals surface area contributed by atoms with Crippen molar-refractivity contribution < 1.29 is 14.3 Å². The van der Waals surface area contributed by atoms with E-state index >= 15 is 0 Å². The van der Waals surface area contributed by atoms with Crippen LogP contribution in [0.3, 0.4) is 0 Å². The zero-order valence-corrected chi connectivity index (χ0v) is 14.1. The summed E-state index contributed by atoms with van der Waals surface area (Å²) in [6.45, 7) is 1.86. The number of carbonyl (C=O) groups excluding carboxylic acids is 2. The van der Waals surface area contributed by atoms with Crippen molar-refractivity contribution in [2.75, 3.05) is 18.1 Å². The molecule has 3 N–H and O–H groups in total. The molecule has 3 rings (SSSR count). The number of hydrogen-bond donors (Lipinski definition) is 2. The molecular weight excluding hydrogens is 306 g/mol. The van der Waals surface area contributed by atoms with Crippen LogP contribution in [0.15, 0.2) is 18.2 Å². The van der Waals surface area contributed by atoms with Gasteiger partial charge in [0.15, 0.2) is 6.61 Å². The Bertz CT molecular complexity index is 624. The van der Waals surface area contributed by atoms with Crippen LogP contribution >= 0.6 is 0 Å². The van der Waals surface area contributed by atoms with E-state index in [0.29, 0.717) is 11.4 Å². The summed E-state index contributed by atoms with van der Waals surface area (Å²) in [5.74, 6) is 0.293. The molecule has 0 saturated heterocycles. The number of hydrogen-bond acceptors (Lipinski definition) is 4. The average Bonchev–Trinajstić information content (AvgIpc) is 2.58. The largest absolute Gasteiger partial charge is 0.482 e. The number of benzene rings is 1. The molecule has 1 heterocycles. The number of carbonyl (C=O) groups is 2. The Kier molecular flexibility index (Phi) is 5.04. The molecule has 1 aliphatic heterocycles. The molecule has 1 fully saturated rings. The summed E-state index contributed by atoms with van der Waals surface area (Å²) in [5.41, 5.74) is 7.46. The maximum atomic E-state index is 12.4. The monoisotopic (exact) mass is 331 g/mol. The molecule has 130 valence electrons. The highest BCUT2D eigenvalue weighted by Crippen LogP contribution is 2.34. The summed E-state index contributed by atoms with van der Waals surface area (Å²) in [4.78, 5) is 26.1. The molecule has 6 heteroatoms. The lowest BCUT2D eigenvalue weighted by atomic mass is 9.95. The number of rotatable bonds is 4. The lowest BCUT2D eigenvalue weighted by Gasteiger charge is -2.30. The van der Waals surface area contributed by atoms with Gasteiger partial charge < -0.3 is 15.8 Å². The minimum Gasteiger partial charge on any atom is -0.482 e. The Balaban J connectivity index is 1.74. The number of nitrogens with two attached hydrogens (primary N) is 1. The van der Waals surface area contributed by atoms with Crippen molar-refractivity contribution in [3.63, 3.8) is 0 Å². The quantitative estimate of drug-likeness (QED) is 0.882. The number of ether oxygens (including phenoxy) is 1. The number of nitrogens with zero attached hydrogens (tertiary/aromatic N) is 1. The van der Waals surface area contributed by atoms with E-state index in [4.69, 9.17) is 10.5 Å². The summed E-state index contributed by atoms with van der Waals surface area (Å²) >= 11 is 0. The second-order valence-corrected chi connectivity index (χ2v) is 6.69. The molecule has 6 nitrogen and oxygen atoms in total. The second-order valence-electron chi connectivity index (χ2n) is 6.69. The smallest absolute Gasteiger partial charge is 0.265 e. The highest BCUT2D eigenvalue weighted by atomic mass is 16.5. The van der Waals surface area contributed by atoms with Gasteiger partial charge in [0.2, 0.25) is 5.91 Å². The van der Waals surface area contributed by atoms with E-state index in [2.05, 4.69) is 5.32 Å². The zero-order valence-electron chi connectivity index (χ0n) is 14.1. The highest BCUT2D eigenvalue weighted by molar-refractivity contribution is 6.02. The van der Waals surface area contributed by atoms with Gasteiger partial charge in [0, 0.05) is 12.1 Å². The normalized spacial score (nSPS) is 19.4. The van der Waals surface area contributed by atoms with Gasteiger partial charge >= 0.3 is 0 Å². The fourth-order valence-electron chi connectivity index (χ4n) is 3.34. The average molecular weight is 331 g/mol. The van der Waals surface area contributed by atoms with Gasteiger partial charge in [-0.15, -0.1) is 0 Å². The SMILES string of the molecule is CC(N)c1ccc2c(c1)N(CC(=O)NC1CCCCC1)C(=O)CO2. The van der Waals surface area contributed by atoms with Crippen LogP contribution in [-0.4, -0.2) is 31.0 Å². The van der Waals surface area contributed by atoms with Gasteiger partial charge in [-0.05, 0) is 37.5 Å². The van der Waals surface area contributed by atoms with Gasteiger partial charge in [0.25, 0.3) is 5.91 Å². The van der Waals surface area contributed by atoms with Crippen LogP contribution in [-0.2, 0) is 9.59 Å². The van der Waals surface area contributed by atoms with Crippen molar-refractivity contribution in [1.82, 2.24) is 5.32 Å². The van der Waals surface area contributed by atoms with Gasteiger partial charge in [0.05, 0.1) is 5.69 Å². The Labute approximate surface area is 142 Å². The third-order valence-corrected chi connectivity index (χ3v) is 4.72. The molecule has 0 spiro atoms. The Morgan fingerprint density at radius 1 is 1.38 bits per heavy atom. The van der Waals surface area contributed by atoms with Gasteiger partial charge in [-0.1, -0.05) is 25.3 Å². The van der Waals surface area contributed by atoms with Crippen LogP contribution in [0.4, 0.5) is 5.69 Å². The van der Waals surface area contributed by atoms with E-state index < -0.39 is 0 Å². The van der Waals surface area contributed by atoms with Gasteiger partial charge in [-0.25, -0.2) is 0 Å². The molecule has 0 bridgehead atoms. The summed E-state index contributed by atoms with van der Waals surface area (Å²) in [5, 5.41) is 3.06. The first kappa shape index (κ1) is 16.8. The maximum Gasteiger partial charge on any atom is 0.265 e. The van der Waals surface area contributed by atoms with E-state index in [1.54, 1.807) is 0 Å². The fourth-order valence-corrected chi connectivity index (χ4v) is 3.34. The molecule has 24 heavy (non-hydrogen) atoms. The zero-order chi connectivity index (χ0) is 17.1. The van der Waals surface area contributed by atoms with Gasteiger partial charge in [-0.2, -0.15) is 0 Å². The molecule has 1 unspecified atom stereocenters. The molecule has 1 saturated carbocycles. The number of anilines is 1. The fraction of sp³-hybridized carbons (Fsp3) is 0.556. The van der Waals surface area contributed by atoms with E-state index in [-0.39, 0.29) is 37.0 Å². The molecule has 1 atom stereocenters. The van der Waals surface area contributed by atoms with E-state index in [1.165, 1.54) is 11.3 Å². The number of amides is 2. The summed E-state index contributed by atoms with van der Waals surface area (Å²) in [7, 11) is 0. The Morgan fingerprint density at radius 3 is 2.83 bits per heavy atom. The Hall–Kier alpha value is -2.08. The molecule has 2 aliphatic rings. The maximum absolute atomic E-state index is 12.4. The van der Waals surface area contributed by atoms with Crippen molar-refractivity contribution in [3.8, 4) is 5.75 Å². The predicted molar refractivity (Wildman–Crippen MR) is 91.9 cm³/mol. The molecule has 0 aromatic heterocycles. The second kappa shape index (κ2) is 7.21. The van der Waals surface area contributed by atoms with Gasteiger partial charge in [-0.3, -0.25) is 14.5 Å². The molecule has 2 amide bonds. The molecular formula is C18H25N3O3. The van der Waals surface area contributed by atoms with Crippen LogP contribution in [0.5, 0.6) is 5.75 Å². The topological polar surface area (TPSA) is 84.7 Å². The highest BCUT2D eigenvalue weighted by Gasteiger charge is 2.28. The first-order chi connectivity index (χ1) is 11.5. The van der Waals surface area contributed by atoms with E-state index in [0.717, 1.165) is 31.2 Å². The van der Waals surface area contributed by atoms with E-state index in [9.17, 15) is 9.59 Å². The van der Waals surface area contributed by atoms with Crippen LogP contribution < -0.4 is 20.7 Å². The minimum absolute atomic E-state index is 0.0219. The Morgan fingerprint density at radius 2 is 2.12 bits per heavy atom. The predicted octanol–water partition coefficient (Wildman–Crippen LogP) is 1.88. The lowest BCUT2D eigenvalue weighted by Crippen LogP contribution is -2.47. The minimum atomic E-state index is -0.205. The van der Waals surface area contributed by atoms with Crippen LogP contribution in [0.25, 0.3) is 0 Å². The summed E-state index contributed by atoms with van der Waals surface area (Å²) in [6, 6.07) is 5.62. The third kappa shape index (κ3) is 3.70. The third-order valence-electron chi connectivity index (χ3n) is 4.72. The van der Waals surface area contributed by atoms with Crippen molar-refractivity contribution in [2.45, 2.75) is 51.1 Å².